The van der Waals surface area contributed by atoms with Crippen LogP contribution in [0.1, 0.15) is 122 Å². The molecule has 4 atom stereocenters. The zero-order valence-corrected chi connectivity index (χ0v) is 27.3. The highest BCUT2D eigenvalue weighted by Gasteiger charge is 2.72. The molecule has 1 unspecified atom stereocenters. The molecule has 2 saturated carbocycles. The number of carbonyl (C=O) groups excluding carboxylic acids is 3. The SMILES string of the molecule is CC(=O)C1=C(O)[C@]2(O)C(=O)C3=C(O)c4c(O)c(C#CC5(C)CCCCC5)cc(C(C)C)c4C[C@]3(C)C[C@]2(C)C(C(C)C)C1=O. The number of hydrogen-bond donors (Lipinski definition) is 4. The van der Waals surface area contributed by atoms with Gasteiger partial charge in [0.2, 0.25) is 5.78 Å². The van der Waals surface area contributed by atoms with Gasteiger partial charge in [-0.15, -0.1) is 0 Å². The molecule has 236 valence electrons. The molecule has 4 aliphatic carbocycles. The first-order valence-electron chi connectivity index (χ1n) is 16.0. The molecule has 4 aliphatic rings. The van der Waals surface area contributed by atoms with E-state index in [1.807, 2.05) is 26.8 Å². The summed E-state index contributed by atoms with van der Waals surface area (Å²) in [6.45, 7) is 14.4. The van der Waals surface area contributed by atoms with Crippen LogP contribution >= 0.6 is 0 Å². The molecular weight excluding hydrogens is 556 g/mol. The number of ketones is 3. The summed E-state index contributed by atoms with van der Waals surface area (Å²) in [4.78, 5) is 40.9. The average molecular weight is 603 g/mol. The van der Waals surface area contributed by atoms with E-state index in [1.54, 1.807) is 20.8 Å². The van der Waals surface area contributed by atoms with Crippen molar-refractivity contribution in [2.24, 2.45) is 28.1 Å². The lowest BCUT2D eigenvalue weighted by Gasteiger charge is -2.59. The van der Waals surface area contributed by atoms with E-state index in [0.29, 0.717) is 11.1 Å². The molecule has 7 nitrogen and oxygen atoms in total. The van der Waals surface area contributed by atoms with Crippen molar-refractivity contribution in [2.45, 2.75) is 112 Å². The number of aliphatic hydroxyl groups is 3. The number of hydrogen-bond acceptors (Lipinski definition) is 7. The highest BCUT2D eigenvalue weighted by atomic mass is 16.3. The Morgan fingerprint density at radius 3 is 2.16 bits per heavy atom. The first-order valence-corrected chi connectivity index (χ1v) is 16.0. The third-order valence-electron chi connectivity index (χ3n) is 11.1. The standard InChI is InChI=1S/C37H46O7/c1-19(2)23-16-22(12-15-34(6)13-10-9-11-14-34)29(39)26-24(23)17-35(7)18-36(8)27(20(3)4)30(40)25(21(5)38)32(42)37(36,44)33(43)28(35)31(26)41/h16,19-20,27,39,41-42,44H,9-11,13-14,17-18H2,1-8H3/t27?,35-,36-,37+/m1/s1. The smallest absolute Gasteiger partial charge is 0.203 e. The molecule has 4 N–H and O–H groups in total. The summed E-state index contributed by atoms with van der Waals surface area (Å²) < 4.78 is 0. The Morgan fingerprint density at radius 2 is 1.61 bits per heavy atom. The first kappa shape index (κ1) is 32.0. The van der Waals surface area contributed by atoms with Crippen molar-refractivity contribution in [2.75, 3.05) is 0 Å². The Balaban J connectivity index is 1.78. The summed E-state index contributed by atoms with van der Waals surface area (Å²) in [6, 6.07) is 1.89. The maximum atomic E-state index is 14.6. The average Bonchev–Trinajstić information content (AvgIpc) is 2.90. The lowest BCUT2D eigenvalue weighted by Crippen LogP contribution is -2.69. The number of rotatable bonds is 3. The van der Waals surface area contributed by atoms with Crippen LogP contribution in [0.5, 0.6) is 5.75 Å². The molecule has 0 aliphatic heterocycles. The number of Topliss-reactive ketones (excluding diaryl/α,β-unsaturated/α-hetero) is 3. The summed E-state index contributed by atoms with van der Waals surface area (Å²) in [5, 5.41) is 47.3. The third-order valence-corrected chi connectivity index (χ3v) is 11.1. The number of carbonyl (C=O) groups is 3. The second-order valence-corrected chi connectivity index (χ2v) is 15.2. The molecule has 0 spiro atoms. The normalized spacial score (nSPS) is 31.4. The van der Waals surface area contributed by atoms with Crippen LogP contribution in [0.2, 0.25) is 0 Å². The van der Waals surface area contributed by atoms with Crippen molar-refractivity contribution in [1.29, 1.82) is 0 Å². The number of aliphatic hydroxyl groups excluding tert-OH is 2. The molecular formula is C37H46O7. The summed E-state index contributed by atoms with van der Waals surface area (Å²) >= 11 is 0. The van der Waals surface area contributed by atoms with Crippen LogP contribution in [0.4, 0.5) is 0 Å². The fourth-order valence-electron chi connectivity index (χ4n) is 9.10. The van der Waals surface area contributed by atoms with Gasteiger partial charge in [0, 0.05) is 27.7 Å². The predicted octanol–water partition coefficient (Wildman–Crippen LogP) is 6.64. The van der Waals surface area contributed by atoms with Gasteiger partial charge in [-0.2, -0.15) is 0 Å². The number of phenolic OH excluding ortho intramolecular Hbond substituents is 1. The van der Waals surface area contributed by atoms with E-state index in [-0.39, 0.29) is 47.0 Å². The summed E-state index contributed by atoms with van der Waals surface area (Å²) in [7, 11) is 0. The van der Waals surface area contributed by atoms with Gasteiger partial charge in [-0.05, 0) is 68.6 Å². The Hall–Kier alpha value is -3.37. The van der Waals surface area contributed by atoms with E-state index in [9.17, 15) is 34.8 Å². The van der Waals surface area contributed by atoms with Gasteiger partial charge in [0.25, 0.3) is 0 Å². The molecule has 0 amide bonds. The van der Waals surface area contributed by atoms with E-state index < -0.39 is 56.8 Å². The van der Waals surface area contributed by atoms with E-state index in [0.717, 1.165) is 38.2 Å². The molecule has 0 saturated heterocycles. The number of benzene rings is 1. The van der Waals surface area contributed by atoms with Gasteiger partial charge >= 0.3 is 0 Å². The summed E-state index contributed by atoms with van der Waals surface area (Å²) in [5.41, 5.74) is -3.94. The topological polar surface area (TPSA) is 132 Å². The fourth-order valence-corrected chi connectivity index (χ4v) is 9.10. The van der Waals surface area contributed by atoms with Crippen molar-refractivity contribution in [3.63, 3.8) is 0 Å². The summed E-state index contributed by atoms with van der Waals surface area (Å²) in [5.74, 6) is 1.36. The van der Waals surface area contributed by atoms with E-state index in [4.69, 9.17) is 0 Å². The Labute approximate surface area is 260 Å². The molecule has 1 aromatic carbocycles. The minimum Gasteiger partial charge on any atom is -0.508 e. The van der Waals surface area contributed by atoms with Crippen LogP contribution in [0.15, 0.2) is 23.0 Å². The van der Waals surface area contributed by atoms with Gasteiger partial charge < -0.3 is 20.4 Å². The van der Waals surface area contributed by atoms with Crippen molar-refractivity contribution in [1.82, 2.24) is 0 Å². The number of allylic oxidation sites excluding steroid dienone is 1. The second-order valence-electron chi connectivity index (χ2n) is 15.2. The van der Waals surface area contributed by atoms with E-state index >= 15 is 0 Å². The van der Waals surface area contributed by atoms with Gasteiger partial charge in [0.1, 0.15) is 22.8 Å². The zero-order chi connectivity index (χ0) is 32.7. The zero-order valence-electron chi connectivity index (χ0n) is 27.3. The van der Waals surface area contributed by atoms with Gasteiger partial charge in [0.05, 0.1) is 11.1 Å². The summed E-state index contributed by atoms with van der Waals surface area (Å²) in [6.07, 6.45) is 5.66. The van der Waals surface area contributed by atoms with Crippen LogP contribution in [0.25, 0.3) is 5.76 Å². The lowest BCUT2D eigenvalue weighted by atomic mass is 9.43. The fraction of sp³-hybridized carbons (Fsp3) is 0.595. The molecule has 1 aromatic rings. The Kier molecular flexibility index (Phi) is 7.53. The molecule has 7 heteroatoms. The van der Waals surface area contributed by atoms with Crippen LogP contribution in [0, 0.1) is 39.9 Å². The second kappa shape index (κ2) is 10.3. The number of aromatic hydroxyl groups is 1. The highest BCUT2D eigenvalue weighted by Crippen LogP contribution is 2.65. The van der Waals surface area contributed by atoms with Crippen molar-refractivity contribution in [3.05, 3.63) is 45.2 Å². The first-order chi connectivity index (χ1) is 20.3. The van der Waals surface area contributed by atoms with Gasteiger partial charge in [-0.1, -0.05) is 72.6 Å². The Bertz CT molecular complexity index is 1610. The monoisotopic (exact) mass is 602 g/mol. The van der Waals surface area contributed by atoms with Gasteiger partial charge in [-0.25, -0.2) is 0 Å². The maximum Gasteiger partial charge on any atom is 0.203 e. The number of fused-ring (bicyclic) bond motifs is 3. The minimum atomic E-state index is -2.62. The van der Waals surface area contributed by atoms with Crippen LogP contribution < -0.4 is 0 Å². The van der Waals surface area contributed by atoms with Gasteiger partial charge in [-0.3, -0.25) is 14.4 Å². The maximum absolute atomic E-state index is 14.6. The van der Waals surface area contributed by atoms with Crippen molar-refractivity contribution >= 4 is 23.1 Å². The quantitative estimate of drug-likeness (QED) is 0.225. The third kappa shape index (κ3) is 4.31. The lowest BCUT2D eigenvalue weighted by molar-refractivity contribution is -0.178. The van der Waals surface area contributed by atoms with Crippen LogP contribution in [0.3, 0.4) is 0 Å². The number of phenols is 1. The largest absolute Gasteiger partial charge is 0.508 e. The molecule has 0 radical (unpaired) electrons. The molecule has 5 rings (SSSR count). The minimum absolute atomic E-state index is 0.00435. The molecule has 44 heavy (non-hydrogen) atoms. The molecule has 0 aromatic heterocycles. The van der Waals surface area contributed by atoms with Gasteiger partial charge in [0.15, 0.2) is 17.2 Å². The van der Waals surface area contributed by atoms with Crippen LogP contribution in [-0.4, -0.2) is 43.4 Å². The van der Waals surface area contributed by atoms with E-state index in [2.05, 4.69) is 18.8 Å². The molecule has 0 bridgehead atoms. The van der Waals surface area contributed by atoms with E-state index in [1.165, 1.54) is 6.42 Å². The van der Waals surface area contributed by atoms with Crippen LogP contribution in [-0.2, 0) is 20.8 Å². The Morgan fingerprint density at radius 1 is 1.00 bits per heavy atom. The predicted molar refractivity (Wildman–Crippen MR) is 168 cm³/mol. The van der Waals surface area contributed by atoms with Crippen molar-refractivity contribution in [3.8, 4) is 17.6 Å². The molecule has 2 fully saturated rings. The molecule has 0 heterocycles. The highest BCUT2D eigenvalue weighted by molar-refractivity contribution is 6.24. The van der Waals surface area contributed by atoms with Crippen molar-refractivity contribution < 1.29 is 34.8 Å².